The van der Waals surface area contributed by atoms with Crippen LogP contribution in [0.1, 0.15) is 37.8 Å². The van der Waals surface area contributed by atoms with Crippen LogP contribution in [0.3, 0.4) is 0 Å². The van der Waals surface area contributed by atoms with Crippen LogP contribution < -0.4 is 0 Å². The molecule has 3 heteroatoms. The molecule has 0 radical (unpaired) electrons. The smallest absolute Gasteiger partial charge is 0.127 e. The molecule has 1 fully saturated rings. The fourth-order valence-electron chi connectivity index (χ4n) is 2.24. The second-order valence-corrected chi connectivity index (χ2v) is 5.47. The Morgan fingerprint density at radius 1 is 1.44 bits per heavy atom. The highest BCUT2D eigenvalue weighted by atomic mass is 19.1. The summed E-state index contributed by atoms with van der Waals surface area (Å²) in [5.74, 6) is 0.371. The Morgan fingerprint density at radius 3 is 2.72 bits per heavy atom. The molecule has 0 saturated heterocycles. The highest BCUT2D eigenvalue weighted by Gasteiger charge is 2.29. The van der Waals surface area contributed by atoms with Gasteiger partial charge in [0, 0.05) is 24.7 Å². The van der Waals surface area contributed by atoms with Gasteiger partial charge in [0.05, 0.1) is 11.6 Å². The number of nitriles is 1. The molecule has 0 aromatic heterocycles. The van der Waals surface area contributed by atoms with E-state index in [-0.39, 0.29) is 5.82 Å². The largest absolute Gasteiger partial charge is 0.296 e. The monoisotopic (exact) mass is 246 g/mol. The first kappa shape index (κ1) is 13.0. The highest BCUT2D eigenvalue weighted by Crippen LogP contribution is 2.29. The number of benzene rings is 1. The van der Waals surface area contributed by atoms with Gasteiger partial charge < -0.3 is 0 Å². The molecule has 0 amide bonds. The molecular formula is C15H19FN2. The van der Waals surface area contributed by atoms with Gasteiger partial charge in [-0.15, -0.1) is 0 Å². The Bertz CT molecular complexity index is 458. The van der Waals surface area contributed by atoms with Crippen LogP contribution in [0.2, 0.25) is 0 Å². The molecule has 1 aliphatic rings. The molecule has 0 aliphatic heterocycles. The molecule has 1 saturated carbocycles. The molecule has 0 heterocycles. The maximum absolute atomic E-state index is 13.8. The third-order valence-corrected chi connectivity index (χ3v) is 3.21. The summed E-state index contributed by atoms with van der Waals surface area (Å²) < 4.78 is 13.8. The molecule has 0 unspecified atom stereocenters. The van der Waals surface area contributed by atoms with E-state index in [1.807, 2.05) is 0 Å². The summed E-state index contributed by atoms with van der Waals surface area (Å²) in [6.45, 7) is 5.96. The third-order valence-electron chi connectivity index (χ3n) is 3.21. The molecule has 0 N–H and O–H groups in total. The zero-order valence-electron chi connectivity index (χ0n) is 11.0. The second-order valence-electron chi connectivity index (χ2n) is 5.47. The summed E-state index contributed by atoms with van der Waals surface area (Å²) in [7, 11) is 0. The summed E-state index contributed by atoms with van der Waals surface area (Å²) in [4.78, 5) is 2.34. The lowest BCUT2D eigenvalue weighted by Crippen LogP contribution is -2.29. The van der Waals surface area contributed by atoms with Crippen molar-refractivity contribution in [1.82, 2.24) is 4.90 Å². The van der Waals surface area contributed by atoms with Crippen LogP contribution >= 0.6 is 0 Å². The van der Waals surface area contributed by atoms with Crippen molar-refractivity contribution in [2.75, 3.05) is 6.54 Å². The molecule has 1 aliphatic carbocycles. The zero-order valence-corrected chi connectivity index (χ0v) is 11.0. The number of rotatable bonds is 5. The van der Waals surface area contributed by atoms with E-state index in [2.05, 4.69) is 24.8 Å². The first-order valence-corrected chi connectivity index (χ1v) is 6.52. The van der Waals surface area contributed by atoms with Gasteiger partial charge in [0.1, 0.15) is 5.82 Å². The van der Waals surface area contributed by atoms with Gasteiger partial charge in [0.2, 0.25) is 0 Å². The second kappa shape index (κ2) is 5.49. The SMILES string of the molecule is CC(C)CN(Cc1cc(C#N)ccc1F)C1CC1. The van der Waals surface area contributed by atoms with Crippen LogP contribution in [-0.4, -0.2) is 17.5 Å². The Kier molecular flexibility index (Phi) is 3.98. The maximum Gasteiger partial charge on any atom is 0.127 e. The lowest BCUT2D eigenvalue weighted by atomic mass is 10.1. The molecule has 96 valence electrons. The minimum atomic E-state index is -0.205. The van der Waals surface area contributed by atoms with E-state index in [4.69, 9.17) is 5.26 Å². The van der Waals surface area contributed by atoms with Gasteiger partial charge in [-0.3, -0.25) is 4.90 Å². The predicted molar refractivity (Wildman–Crippen MR) is 69.4 cm³/mol. The number of hydrogen-bond acceptors (Lipinski definition) is 2. The van der Waals surface area contributed by atoms with Gasteiger partial charge in [-0.05, 0) is 37.0 Å². The Hall–Kier alpha value is -1.40. The summed E-state index contributed by atoms with van der Waals surface area (Å²) in [6.07, 6.45) is 2.43. The number of hydrogen-bond donors (Lipinski definition) is 0. The summed E-state index contributed by atoms with van der Waals surface area (Å²) in [5.41, 5.74) is 1.17. The molecule has 1 aromatic rings. The van der Waals surface area contributed by atoms with Gasteiger partial charge in [-0.25, -0.2) is 4.39 Å². The fraction of sp³-hybridized carbons (Fsp3) is 0.533. The lowest BCUT2D eigenvalue weighted by molar-refractivity contribution is 0.223. The van der Waals surface area contributed by atoms with Gasteiger partial charge in [0.25, 0.3) is 0 Å². The average Bonchev–Trinajstić information content (AvgIpc) is 3.14. The van der Waals surface area contributed by atoms with Crippen molar-refractivity contribution in [3.63, 3.8) is 0 Å². The minimum Gasteiger partial charge on any atom is -0.296 e. The first-order chi connectivity index (χ1) is 8.60. The predicted octanol–water partition coefficient (Wildman–Crippen LogP) is 3.32. The van der Waals surface area contributed by atoms with Gasteiger partial charge in [-0.2, -0.15) is 5.26 Å². The molecule has 0 bridgehead atoms. The van der Waals surface area contributed by atoms with E-state index in [1.165, 1.54) is 25.0 Å². The number of nitrogens with zero attached hydrogens (tertiary/aromatic N) is 2. The van der Waals surface area contributed by atoms with E-state index in [9.17, 15) is 4.39 Å². The minimum absolute atomic E-state index is 0.205. The highest BCUT2D eigenvalue weighted by molar-refractivity contribution is 5.33. The third kappa shape index (κ3) is 3.30. The Balaban J connectivity index is 2.13. The van der Waals surface area contributed by atoms with Crippen molar-refractivity contribution < 1.29 is 4.39 Å². The van der Waals surface area contributed by atoms with E-state index >= 15 is 0 Å². The molecular weight excluding hydrogens is 227 g/mol. The molecule has 0 spiro atoms. The van der Waals surface area contributed by atoms with E-state index in [0.29, 0.717) is 29.6 Å². The lowest BCUT2D eigenvalue weighted by Gasteiger charge is -2.24. The van der Waals surface area contributed by atoms with Gasteiger partial charge in [0.15, 0.2) is 0 Å². The fourth-order valence-corrected chi connectivity index (χ4v) is 2.24. The van der Waals surface area contributed by atoms with Crippen molar-refractivity contribution in [3.05, 3.63) is 35.1 Å². The van der Waals surface area contributed by atoms with Gasteiger partial charge >= 0.3 is 0 Å². The number of halogens is 1. The zero-order chi connectivity index (χ0) is 13.1. The Labute approximate surface area is 108 Å². The van der Waals surface area contributed by atoms with E-state index < -0.39 is 0 Å². The van der Waals surface area contributed by atoms with Crippen molar-refractivity contribution in [3.8, 4) is 6.07 Å². The van der Waals surface area contributed by atoms with Crippen LogP contribution in [0.4, 0.5) is 4.39 Å². The van der Waals surface area contributed by atoms with Crippen molar-refractivity contribution in [1.29, 1.82) is 5.26 Å². The molecule has 1 aromatic carbocycles. The standard InChI is InChI=1S/C15H19FN2/c1-11(2)9-18(14-4-5-14)10-13-7-12(8-17)3-6-15(13)16/h3,6-7,11,14H,4-5,9-10H2,1-2H3. The first-order valence-electron chi connectivity index (χ1n) is 6.52. The average molecular weight is 246 g/mol. The quantitative estimate of drug-likeness (QED) is 0.797. The van der Waals surface area contributed by atoms with Gasteiger partial charge in [-0.1, -0.05) is 13.8 Å². The maximum atomic E-state index is 13.8. The molecule has 2 rings (SSSR count). The molecule has 18 heavy (non-hydrogen) atoms. The van der Waals surface area contributed by atoms with E-state index in [1.54, 1.807) is 6.07 Å². The molecule has 2 nitrogen and oxygen atoms in total. The van der Waals surface area contributed by atoms with Crippen molar-refractivity contribution in [2.24, 2.45) is 5.92 Å². The summed E-state index contributed by atoms with van der Waals surface area (Å²) in [5, 5.41) is 8.87. The van der Waals surface area contributed by atoms with Crippen LogP contribution in [0.15, 0.2) is 18.2 Å². The van der Waals surface area contributed by atoms with Crippen molar-refractivity contribution in [2.45, 2.75) is 39.3 Å². The van der Waals surface area contributed by atoms with Crippen LogP contribution in [0, 0.1) is 23.1 Å². The Morgan fingerprint density at radius 2 is 2.17 bits per heavy atom. The van der Waals surface area contributed by atoms with Crippen LogP contribution in [-0.2, 0) is 6.54 Å². The van der Waals surface area contributed by atoms with E-state index in [0.717, 1.165) is 6.54 Å². The van der Waals surface area contributed by atoms with Crippen LogP contribution in [0.25, 0.3) is 0 Å². The summed E-state index contributed by atoms with van der Waals surface area (Å²) >= 11 is 0. The normalized spacial score (nSPS) is 15.1. The molecule has 0 atom stereocenters. The van der Waals surface area contributed by atoms with Crippen LogP contribution in [0.5, 0.6) is 0 Å². The van der Waals surface area contributed by atoms with Crippen molar-refractivity contribution >= 4 is 0 Å². The summed E-state index contributed by atoms with van der Waals surface area (Å²) in [6, 6.07) is 7.28. The topological polar surface area (TPSA) is 27.0 Å².